The van der Waals surface area contributed by atoms with Gasteiger partial charge in [-0.1, -0.05) is 0 Å². The molecule has 0 aromatic rings. The molecule has 120 heavy (non-hydrogen) atoms. The van der Waals surface area contributed by atoms with Crippen molar-refractivity contribution in [1.29, 1.82) is 0 Å². The van der Waals surface area contributed by atoms with Crippen LogP contribution in [0.25, 0.3) is 0 Å². The molecule has 10 bridgehead atoms. The lowest BCUT2D eigenvalue weighted by Crippen LogP contribution is -2.57. The maximum atomic E-state index is 15.1. The summed E-state index contributed by atoms with van der Waals surface area (Å²) in [5.74, 6) is -31.0. The van der Waals surface area contributed by atoms with Crippen LogP contribution in [-0.4, -0.2) is 410 Å². The second kappa shape index (κ2) is 42.4. The van der Waals surface area contributed by atoms with Gasteiger partial charge < -0.3 is 172 Å². The first-order chi connectivity index (χ1) is 55.6. The molecule has 6 saturated heterocycles. The van der Waals surface area contributed by atoms with Gasteiger partial charge in [0, 0.05) is 0 Å². The normalized spacial score (nSPS) is 37.9. The molecule has 50 nitrogen and oxygen atoms in total. The Balaban J connectivity index is 1.61. The fourth-order valence-electron chi connectivity index (χ4n) is 12.1. The first-order valence-corrected chi connectivity index (χ1v) is 37.0. The van der Waals surface area contributed by atoms with Gasteiger partial charge in [-0.05, 0) is 48.5 Å². The molecule has 0 spiro atoms. The van der Waals surface area contributed by atoms with Crippen LogP contribution in [0.3, 0.4) is 0 Å². The second-order valence-corrected chi connectivity index (χ2v) is 30.8. The summed E-state index contributed by atoms with van der Waals surface area (Å²) >= 11 is 0. The third-order valence-electron chi connectivity index (χ3n) is 18.5. The first-order valence-electron chi connectivity index (χ1n) is 37.0. The van der Waals surface area contributed by atoms with Crippen molar-refractivity contribution >= 4 is 89.5 Å². The minimum absolute atomic E-state index is 0.725. The summed E-state index contributed by atoms with van der Waals surface area (Å²) in [5.41, 5.74) is -20.3. The van der Waals surface area contributed by atoms with Gasteiger partial charge in [0.15, 0.2) is 70.7 Å². The Hall–Kier alpha value is -8.75. The number of ether oxygens (including phenoxy) is 18. The Morgan fingerprint density at radius 3 is 0.983 bits per heavy atom. The van der Waals surface area contributed by atoms with Crippen molar-refractivity contribution in [3.8, 4) is 0 Å². The summed E-state index contributed by atoms with van der Waals surface area (Å²) in [5, 5.41) is 201. The van der Waals surface area contributed by atoms with E-state index in [4.69, 9.17) is 85.3 Å². The summed E-state index contributed by atoms with van der Waals surface area (Å²) in [6.45, 7) is -5.15. The number of esters is 15. The van der Waals surface area contributed by atoms with Gasteiger partial charge in [-0.25, -0.2) is 24.0 Å². The lowest BCUT2D eigenvalue weighted by atomic mass is 9.93. The first kappa shape index (κ1) is 100. The molecule has 0 aliphatic carbocycles. The van der Waals surface area contributed by atoms with Crippen molar-refractivity contribution in [2.24, 2.45) is 0 Å². The predicted octanol–water partition coefficient (Wildman–Crippen LogP) is -12.3. The van der Waals surface area contributed by atoms with Gasteiger partial charge in [-0.2, -0.15) is 0 Å². The van der Waals surface area contributed by atoms with Crippen LogP contribution >= 0.6 is 0 Å². The van der Waals surface area contributed by atoms with Crippen LogP contribution in [0.2, 0.25) is 0 Å². The van der Waals surface area contributed by atoms with Crippen LogP contribution in [0.5, 0.6) is 0 Å². The summed E-state index contributed by atoms with van der Waals surface area (Å²) in [6, 6.07) is 0. The third kappa shape index (κ3) is 27.9. The third-order valence-corrected chi connectivity index (χ3v) is 18.5. The Labute approximate surface area is 678 Å². The molecule has 17 N–H and O–H groups in total. The molecule has 0 aromatic heterocycles. The molecule has 680 valence electrons. The number of fused-ring (bicyclic) bond motifs is 18. The average Bonchev–Trinajstić information content (AvgIpc) is 1.01. The van der Waals surface area contributed by atoms with Crippen molar-refractivity contribution in [2.45, 2.75) is 281 Å². The van der Waals surface area contributed by atoms with Crippen LogP contribution in [0.15, 0.2) is 0 Å². The fraction of sp³-hybridized carbons (Fsp3) is 0.786. The topological polar surface area (TPSA) is 766 Å². The number of hydrogen-bond donors (Lipinski definition) is 17. The summed E-state index contributed by atoms with van der Waals surface area (Å²) < 4.78 is 94.1. The lowest BCUT2D eigenvalue weighted by molar-refractivity contribution is -0.219. The van der Waals surface area contributed by atoms with Gasteiger partial charge in [-0.15, -0.1) is 0 Å². The van der Waals surface area contributed by atoms with Gasteiger partial charge in [0.2, 0.25) is 0 Å². The van der Waals surface area contributed by atoms with E-state index in [1.807, 2.05) is 0 Å². The van der Waals surface area contributed by atoms with E-state index in [1.165, 1.54) is 48.5 Å². The van der Waals surface area contributed by atoms with E-state index in [9.17, 15) is 154 Å². The molecule has 50 heteroatoms. The highest BCUT2D eigenvalue weighted by Gasteiger charge is 2.57. The Kier molecular flexibility index (Phi) is 35.3. The molecule has 0 radical (unpaired) electrons. The SMILES string of the molecule is CC(C)OC[C@H]1OC(=O)CC2(O)CC(=O)OC[C@H](O)[C@@H](O)[C@@H]3OC(=O)C(O)(CC(=O)OC[C@H](O)[C@@H](OC2=O)[C@@H]1O)CC(=O)O[C@H]1[C@@H]2OC(=O)C(O)(CC(=O)OC[C@@H](O)[C@@H](O)[C@@H]([C@@H](O)COC(C)(C)C)OC(=O)CC(O)(CC(=O)OC[C@H]3O)C(=O)OC[C@@H]1O)CC(=O)OC[C@H](O)[C@H]1OC(=O)C(O)(CC(=O)OC[C@H]2O)CC(=O)OC[C@@H](O)[C@H]1OC(C)C. The van der Waals surface area contributed by atoms with E-state index < -0.39 is 388 Å². The van der Waals surface area contributed by atoms with Crippen molar-refractivity contribution in [3.63, 3.8) is 0 Å². The maximum Gasteiger partial charge on any atom is 0.339 e. The summed E-state index contributed by atoms with van der Waals surface area (Å²) in [7, 11) is 0. The quantitative estimate of drug-likeness (QED) is 0.0793. The summed E-state index contributed by atoms with van der Waals surface area (Å²) in [6.07, 6.45) is -75.1. The number of carbonyl (C=O) groups is 15. The van der Waals surface area contributed by atoms with Crippen molar-refractivity contribution in [3.05, 3.63) is 0 Å². The molecule has 0 saturated carbocycles. The number of rotatable bonds is 8. The predicted molar refractivity (Wildman–Crippen MR) is 367 cm³/mol. The number of aliphatic hydroxyl groups excluding tert-OH is 12. The van der Waals surface area contributed by atoms with Crippen molar-refractivity contribution < 1.29 is 244 Å². The lowest BCUT2D eigenvalue weighted by Gasteiger charge is -2.37. The van der Waals surface area contributed by atoms with Gasteiger partial charge >= 0.3 is 89.5 Å². The standard InChI is InChI=1S/C70H100O50/c1-28(2)103-27-39-52(92)55-33(74)21-107-46(86)14-70(102)17-49(89)116-57-37(78)25-111-60(93)66(98,8-40(80)106-20-32(73)54(117-61(70)94)51(91)31(72)19-105-42(82)13-69(101,62(95)118-55)15-47(87)114-39)16-48(88)115-53(38(79)26-112-65(5,6)7)50(90)30(71)18-104-41(81)9-67(99)11-44(84)109-23-35(76)58-56(113-29(3)4)34(75)22-108-43(83)10-68(100,63(96)119-58)12-45(85)110-24-36(77)59(57)120-64(67)97/h28-39,50-59,71-79,90-92,98-102H,8-27H2,1-7H3/t30-,31+,32-,33+,34-,35+,36-,37+,38+,39-,50-,51-,52-,53-,54-,55-,56-,57-,58-,59-,66?,67?,68?,69?,70?/m1/s1. The molecule has 5 unspecified atom stereocenters. The molecule has 25 atom stereocenters. The minimum atomic E-state index is -4.16. The molecule has 6 aliphatic heterocycles. The van der Waals surface area contributed by atoms with E-state index in [2.05, 4.69) is 0 Å². The number of aliphatic hydroxyl groups is 17. The largest absolute Gasteiger partial charge is 0.463 e. The number of carbonyl (C=O) groups excluding carboxylic acids is 15. The van der Waals surface area contributed by atoms with Gasteiger partial charge in [-0.3, -0.25) is 47.9 Å². The van der Waals surface area contributed by atoms with Crippen LogP contribution in [-0.2, 0) is 157 Å². The number of cyclic esters (lactones) is 9. The molecule has 6 heterocycles. The van der Waals surface area contributed by atoms with Crippen LogP contribution in [0.4, 0.5) is 0 Å². The Bertz CT molecular complexity index is 3650. The molecular weight excluding hydrogens is 1640 g/mol. The van der Waals surface area contributed by atoms with E-state index >= 15 is 4.79 Å². The molecule has 6 fully saturated rings. The fourth-order valence-corrected chi connectivity index (χ4v) is 12.1. The molecule has 0 amide bonds. The van der Waals surface area contributed by atoms with Crippen LogP contribution in [0, 0.1) is 0 Å². The zero-order chi connectivity index (χ0) is 90.2. The highest BCUT2D eigenvalue weighted by molar-refractivity contribution is 5.94. The number of hydrogen-bond acceptors (Lipinski definition) is 50. The minimum Gasteiger partial charge on any atom is -0.463 e. The Morgan fingerprint density at radius 2 is 0.608 bits per heavy atom. The van der Waals surface area contributed by atoms with E-state index in [0.717, 1.165) is 0 Å². The van der Waals surface area contributed by atoms with E-state index in [-0.39, 0.29) is 0 Å². The molecule has 6 aliphatic rings. The monoisotopic (exact) mass is 1740 g/mol. The van der Waals surface area contributed by atoms with Crippen molar-refractivity contribution in [1.82, 2.24) is 0 Å². The second-order valence-electron chi connectivity index (χ2n) is 30.8. The van der Waals surface area contributed by atoms with E-state index in [1.54, 1.807) is 0 Å². The van der Waals surface area contributed by atoms with Gasteiger partial charge in [0.25, 0.3) is 0 Å². The zero-order valence-corrected chi connectivity index (χ0v) is 65.4. The Morgan fingerprint density at radius 1 is 0.325 bits per heavy atom. The van der Waals surface area contributed by atoms with Crippen LogP contribution < -0.4 is 0 Å². The van der Waals surface area contributed by atoms with E-state index in [0.29, 0.717) is 0 Å². The highest BCUT2D eigenvalue weighted by Crippen LogP contribution is 2.34. The molecular formula is C70H100O50. The molecule has 6 rings (SSSR count). The summed E-state index contributed by atoms with van der Waals surface area (Å²) in [4.78, 5) is 213. The maximum absolute atomic E-state index is 15.1. The average molecular weight is 1740 g/mol. The van der Waals surface area contributed by atoms with Gasteiger partial charge in [0.1, 0.15) is 132 Å². The van der Waals surface area contributed by atoms with Crippen LogP contribution in [0.1, 0.15) is 113 Å². The van der Waals surface area contributed by atoms with Gasteiger partial charge in [0.05, 0.1) is 95.2 Å². The van der Waals surface area contributed by atoms with Crippen molar-refractivity contribution in [2.75, 3.05) is 66.1 Å². The zero-order valence-electron chi connectivity index (χ0n) is 65.4. The molecule has 0 aromatic carbocycles. The highest BCUT2D eigenvalue weighted by atomic mass is 16.7. The smallest absolute Gasteiger partial charge is 0.339 e.